The van der Waals surface area contributed by atoms with Gasteiger partial charge >= 0.3 is 0 Å². The van der Waals surface area contributed by atoms with Crippen LogP contribution >= 0.6 is 0 Å². The summed E-state index contributed by atoms with van der Waals surface area (Å²) in [5.41, 5.74) is 0.971. The van der Waals surface area contributed by atoms with Crippen LogP contribution in [0.1, 0.15) is 31.6 Å². The van der Waals surface area contributed by atoms with Gasteiger partial charge in [-0.3, -0.25) is 4.90 Å². The number of morpholine rings is 1. The molecule has 2 heterocycles. The molecule has 0 bridgehead atoms. The van der Waals surface area contributed by atoms with Gasteiger partial charge in [0.2, 0.25) is 11.8 Å². The van der Waals surface area contributed by atoms with Crippen LogP contribution < -0.4 is 0 Å². The van der Waals surface area contributed by atoms with Crippen molar-refractivity contribution in [1.82, 2.24) is 15.1 Å². The molecule has 1 saturated heterocycles. The van der Waals surface area contributed by atoms with E-state index in [-0.39, 0.29) is 0 Å². The minimum Gasteiger partial charge on any atom is -0.419 e. The standard InChI is InChI=1S/C17H21N3O2/c1-2-6-13(7-3-1)17-19-18-16(22-17)12-20-10-11-21-15-9-5-4-8-14(15)20/h1-3,6-7,14-15H,4-5,8-12H2/t14-,15+/m1/s1. The molecule has 1 aromatic carbocycles. The summed E-state index contributed by atoms with van der Waals surface area (Å²) in [5.74, 6) is 1.30. The van der Waals surface area contributed by atoms with Crippen molar-refractivity contribution in [2.45, 2.75) is 44.4 Å². The third kappa shape index (κ3) is 2.78. The topological polar surface area (TPSA) is 51.4 Å². The zero-order chi connectivity index (χ0) is 14.8. The van der Waals surface area contributed by atoms with E-state index in [2.05, 4.69) is 15.1 Å². The van der Waals surface area contributed by atoms with E-state index in [1.54, 1.807) is 0 Å². The van der Waals surface area contributed by atoms with Gasteiger partial charge in [-0.15, -0.1) is 10.2 Å². The molecule has 2 fully saturated rings. The average molecular weight is 299 g/mol. The lowest BCUT2D eigenvalue weighted by molar-refractivity contribution is -0.0930. The van der Waals surface area contributed by atoms with Crippen molar-refractivity contribution in [3.05, 3.63) is 36.2 Å². The maximum Gasteiger partial charge on any atom is 0.247 e. The summed E-state index contributed by atoms with van der Waals surface area (Å²) in [5, 5.41) is 8.41. The molecule has 2 atom stereocenters. The molecule has 22 heavy (non-hydrogen) atoms. The van der Waals surface area contributed by atoms with Crippen LogP contribution in [0.5, 0.6) is 0 Å². The molecule has 1 aromatic heterocycles. The van der Waals surface area contributed by atoms with E-state index in [4.69, 9.17) is 9.15 Å². The Kier molecular flexibility index (Phi) is 3.91. The first-order valence-corrected chi connectivity index (χ1v) is 8.13. The van der Waals surface area contributed by atoms with E-state index in [0.717, 1.165) is 25.3 Å². The van der Waals surface area contributed by atoms with Gasteiger partial charge in [-0.05, 0) is 25.0 Å². The Morgan fingerprint density at radius 1 is 1.09 bits per heavy atom. The maximum atomic E-state index is 5.92. The molecule has 1 aliphatic carbocycles. The highest BCUT2D eigenvalue weighted by molar-refractivity contribution is 5.51. The van der Waals surface area contributed by atoms with Gasteiger partial charge in [0.1, 0.15) is 0 Å². The van der Waals surface area contributed by atoms with Crippen LogP contribution in [0.2, 0.25) is 0 Å². The maximum absolute atomic E-state index is 5.92. The van der Waals surface area contributed by atoms with Crippen LogP contribution in [-0.2, 0) is 11.3 Å². The Bertz CT molecular complexity index is 611. The molecule has 0 spiro atoms. The average Bonchev–Trinajstić information content (AvgIpc) is 3.05. The van der Waals surface area contributed by atoms with E-state index in [9.17, 15) is 0 Å². The number of rotatable bonds is 3. The molecule has 2 aromatic rings. The van der Waals surface area contributed by atoms with Crippen LogP contribution in [0.3, 0.4) is 0 Å². The van der Waals surface area contributed by atoms with Gasteiger partial charge in [0.15, 0.2) is 0 Å². The zero-order valence-corrected chi connectivity index (χ0v) is 12.6. The third-order valence-electron chi connectivity index (χ3n) is 4.67. The Morgan fingerprint density at radius 3 is 2.86 bits per heavy atom. The Balaban J connectivity index is 1.48. The molecule has 5 heteroatoms. The van der Waals surface area contributed by atoms with Crippen molar-refractivity contribution in [3.8, 4) is 11.5 Å². The molecular formula is C17H21N3O2. The SMILES string of the molecule is c1ccc(-c2nnc(CN3CCO[C@H]4CCCC[C@H]43)o2)cc1. The van der Waals surface area contributed by atoms with Gasteiger partial charge in [-0.2, -0.15) is 0 Å². The van der Waals surface area contributed by atoms with E-state index in [1.165, 1.54) is 25.7 Å². The predicted molar refractivity (Wildman–Crippen MR) is 82.1 cm³/mol. The number of ether oxygens (including phenoxy) is 1. The normalized spacial score (nSPS) is 25.8. The fourth-order valence-corrected chi connectivity index (χ4v) is 3.56. The summed E-state index contributed by atoms with van der Waals surface area (Å²) in [4.78, 5) is 2.45. The van der Waals surface area contributed by atoms with Crippen molar-refractivity contribution in [2.75, 3.05) is 13.2 Å². The minimum absolute atomic E-state index is 0.388. The number of benzene rings is 1. The van der Waals surface area contributed by atoms with E-state index in [1.807, 2.05) is 30.3 Å². The highest BCUT2D eigenvalue weighted by atomic mass is 16.5. The summed E-state index contributed by atoms with van der Waals surface area (Å²) in [7, 11) is 0. The highest BCUT2D eigenvalue weighted by Gasteiger charge is 2.34. The molecule has 1 saturated carbocycles. The predicted octanol–water partition coefficient (Wildman–Crippen LogP) is 2.88. The van der Waals surface area contributed by atoms with Crippen LogP contribution in [0.15, 0.2) is 34.7 Å². The van der Waals surface area contributed by atoms with Gasteiger partial charge in [-0.1, -0.05) is 31.0 Å². The largest absolute Gasteiger partial charge is 0.419 e. The Morgan fingerprint density at radius 2 is 1.95 bits per heavy atom. The Labute approximate surface area is 130 Å². The van der Waals surface area contributed by atoms with Gasteiger partial charge in [-0.25, -0.2) is 0 Å². The van der Waals surface area contributed by atoms with Crippen LogP contribution in [-0.4, -0.2) is 40.4 Å². The van der Waals surface area contributed by atoms with Gasteiger partial charge < -0.3 is 9.15 Å². The lowest BCUT2D eigenvalue weighted by Crippen LogP contribution is -2.52. The minimum atomic E-state index is 0.388. The van der Waals surface area contributed by atoms with Crippen LogP contribution in [0, 0.1) is 0 Å². The van der Waals surface area contributed by atoms with Crippen molar-refractivity contribution in [2.24, 2.45) is 0 Å². The molecule has 4 rings (SSSR count). The molecule has 0 N–H and O–H groups in total. The number of hydrogen-bond acceptors (Lipinski definition) is 5. The number of aromatic nitrogens is 2. The van der Waals surface area contributed by atoms with Gasteiger partial charge in [0.25, 0.3) is 0 Å². The van der Waals surface area contributed by atoms with Gasteiger partial charge in [0.05, 0.1) is 19.3 Å². The molecule has 0 unspecified atom stereocenters. The monoisotopic (exact) mass is 299 g/mol. The fraction of sp³-hybridized carbons (Fsp3) is 0.529. The summed E-state index contributed by atoms with van der Waals surface area (Å²) in [6, 6.07) is 10.4. The van der Waals surface area contributed by atoms with Crippen molar-refractivity contribution in [3.63, 3.8) is 0 Å². The molecular weight excluding hydrogens is 278 g/mol. The summed E-state index contributed by atoms with van der Waals surface area (Å²) >= 11 is 0. The fourth-order valence-electron chi connectivity index (χ4n) is 3.56. The van der Waals surface area contributed by atoms with Crippen LogP contribution in [0.4, 0.5) is 0 Å². The van der Waals surface area contributed by atoms with Crippen LogP contribution in [0.25, 0.3) is 11.5 Å². The highest BCUT2D eigenvalue weighted by Crippen LogP contribution is 2.29. The second-order valence-corrected chi connectivity index (χ2v) is 6.10. The second-order valence-electron chi connectivity index (χ2n) is 6.10. The summed E-state index contributed by atoms with van der Waals surface area (Å²) < 4.78 is 11.8. The lowest BCUT2D eigenvalue weighted by atomic mass is 9.90. The van der Waals surface area contributed by atoms with Crippen molar-refractivity contribution < 1.29 is 9.15 Å². The lowest BCUT2D eigenvalue weighted by Gasteiger charge is -2.43. The first-order chi connectivity index (χ1) is 10.9. The number of hydrogen-bond donors (Lipinski definition) is 0. The molecule has 116 valence electrons. The number of fused-ring (bicyclic) bond motifs is 1. The smallest absolute Gasteiger partial charge is 0.247 e. The number of nitrogens with zero attached hydrogens (tertiary/aromatic N) is 3. The molecule has 1 aliphatic heterocycles. The molecule has 0 radical (unpaired) electrons. The summed E-state index contributed by atoms with van der Waals surface area (Å²) in [6.07, 6.45) is 5.36. The van der Waals surface area contributed by atoms with E-state index >= 15 is 0 Å². The van der Waals surface area contributed by atoms with Crippen molar-refractivity contribution >= 4 is 0 Å². The van der Waals surface area contributed by atoms with E-state index < -0.39 is 0 Å². The third-order valence-corrected chi connectivity index (χ3v) is 4.67. The second kappa shape index (κ2) is 6.18. The van der Waals surface area contributed by atoms with Gasteiger partial charge in [0, 0.05) is 18.2 Å². The quantitative estimate of drug-likeness (QED) is 0.872. The molecule has 2 aliphatic rings. The molecule has 0 amide bonds. The first kappa shape index (κ1) is 13.9. The Hall–Kier alpha value is -1.72. The van der Waals surface area contributed by atoms with E-state index in [0.29, 0.717) is 23.9 Å². The zero-order valence-electron chi connectivity index (χ0n) is 12.6. The molecule has 5 nitrogen and oxygen atoms in total. The first-order valence-electron chi connectivity index (χ1n) is 8.13. The summed E-state index contributed by atoms with van der Waals surface area (Å²) in [6.45, 7) is 2.48. The van der Waals surface area contributed by atoms with Crippen molar-refractivity contribution in [1.29, 1.82) is 0 Å².